The molecule has 1 aliphatic heterocycles. The van der Waals surface area contributed by atoms with Crippen molar-refractivity contribution in [2.24, 2.45) is 0 Å². The quantitative estimate of drug-likeness (QED) is 0.315. The summed E-state index contributed by atoms with van der Waals surface area (Å²) in [6, 6.07) is 0. The van der Waals surface area contributed by atoms with E-state index in [9.17, 15) is 0 Å². The Morgan fingerprint density at radius 2 is 2.00 bits per heavy atom. The zero-order chi connectivity index (χ0) is 13.9. The van der Waals surface area contributed by atoms with Gasteiger partial charge < -0.3 is 9.84 Å². The Balaban J connectivity index is 2.03. The van der Waals surface area contributed by atoms with E-state index >= 15 is 0 Å². The number of aliphatic hydroxyl groups is 1. The monoisotopic (exact) mass is 260 g/mol. The summed E-state index contributed by atoms with van der Waals surface area (Å²) in [7, 11) is 0. The van der Waals surface area contributed by atoms with Gasteiger partial charge in [0.1, 0.15) is 6.10 Å². The van der Waals surface area contributed by atoms with Crippen LogP contribution in [0.15, 0.2) is 12.7 Å². The maximum absolute atomic E-state index is 9.10. The van der Waals surface area contributed by atoms with Crippen molar-refractivity contribution >= 4 is 0 Å². The molecule has 1 rings (SSSR count). The summed E-state index contributed by atoms with van der Waals surface area (Å²) in [5.74, 6) is 10.9. The van der Waals surface area contributed by atoms with Crippen LogP contribution in [0.5, 0.6) is 0 Å². The van der Waals surface area contributed by atoms with Crippen molar-refractivity contribution in [2.75, 3.05) is 0 Å². The third-order valence-corrected chi connectivity index (χ3v) is 3.18. The second-order valence-electron chi connectivity index (χ2n) is 4.87. The second kappa shape index (κ2) is 9.68. The molecule has 0 spiro atoms. The van der Waals surface area contributed by atoms with E-state index in [-0.39, 0.29) is 0 Å². The van der Waals surface area contributed by atoms with Crippen molar-refractivity contribution in [1.29, 1.82) is 0 Å². The molecule has 2 heteroatoms. The van der Waals surface area contributed by atoms with Gasteiger partial charge in [-0.2, -0.15) is 0 Å². The minimum Gasteiger partial charge on any atom is -0.377 e. The van der Waals surface area contributed by atoms with E-state index in [1.807, 2.05) is 0 Å². The molecule has 1 heterocycles. The van der Waals surface area contributed by atoms with Crippen molar-refractivity contribution in [3.05, 3.63) is 12.7 Å². The Morgan fingerprint density at radius 1 is 1.21 bits per heavy atom. The van der Waals surface area contributed by atoms with Gasteiger partial charge in [-0.1, -0.05) is 63.5 Å². The molecule has 0 aliphatic carbocycles. The first-order chi connectivity index (χ1) is 9.27. The van der Waals surface area contributed by atoms with Crippen molar-refractivity contribution in [1.82, 2.24) is 0 Å². The summed E-state index contributed by atoms with van der Waals surface area (Å²) in [5.41, 5.74) is 0. The molecule has 0 aromatic carbocycles. The first-order valence-electron chi connectivity index (χ1n) is 7.22. The Hall–Kier alpha value is -1.22. The molecule has 1 aliphatic rings. The summed E-state index contributed by atoms with van der Waals surface area (Å²) >= 11 is 0. The van der Waals surface area contributed by atoms with Crippen LogP contribution in [0.1, 0.15) is 51.9 Å². The predicted molar refractivity (Wildman–Crippen MR) is 78.4 cm³/mol. The van der Waals surface area contributed by atoms with Gasteiger partial charge in [0, 0.05) is 6.42 Å². The van der Waals surface area contributed by atoms with E-state index in [2.05, 4.69) is 37.2 Å². The molecular formula is C17H24O2. The van der Waals surface area contributed by atoms with Gasteiger partial charge in [-0.15, -0.1) is 0 Å². The van der Waals surface area contributed by atoms with E-state index in [4.69, 9.17) is 9.84 Å². The lowest BCUT2D eigenvalue weighted by Crippen LogP contribution is -1.94. The molecule has 0 amide bonds. The summed E-state index contributed by atoms with van der Waals surface area (Å²) in [6.45, 7) is 5.67. The van der Waals surface area contributed by atoms with Gasteiger partial charge in [0.05, 0.1) is 12.2 Å². The van der Waals surface area contributed by atoms with E-state index in [1.54, 1.807) is 0 Å². The Kier molecular flexibility index (Phi) is 8.07. The standard InChI is InChI=1S/C17H24O2/c1-3-5-6-7-10-13-16-17(19-16)14-11-8-9-12-15(18)4-2/h4,15-18H,2-3,5-7,10,13-14H2,1H3/t15-,16?,17?/m1/s1. The highest BCUT2D eigenvalue weighted by molar-refractivity contribution is 5.29. The molecule has 2 unspecified atom stereocenters. The van der Waals surface area contributed by atoms with Gasteiger partial charge >= 0.3 is 0 Å². The highest BCUT2D eigenvalue weighted by Crippen LogP contribution is 2.29. The lowest BCUT2D eigenvalue weighted by atomic mass is 10.1. The number of unbranched alkanes of at least 4 members (excludes halogenated alkanes) is 4. The topological polar surface area (TPSA) is 32.8 Å². The number of hydrogen-bond acceptors (Lipinski definition) is 2. The van der Waals surface area contributed by atoms with Gasteiger partial charge in [-0.25, -0.2) is 0 Å². The fraction of sp³-hybridized carbons (Fsp3) is 0.647. The van der Waals surface area contributed by atoms with Crippen LogP contribution in [0.25, 0.3) is 0 Å². The summed E-state index contributed by atoms with van der Waals surface area (Å²) in [4.78, 5) is 0. The molecule has 0 saturated carbocycles. The molecular weight excluding hydrogens is 236 g/mol. The van der Waals surface area contributed by atoms with Crippen LogP contribution in [0.3, 0.4) is 0 Å². The third kappa shape index (κ3) is 7.73. The molecule has 1 saturated heterocycles. The minimum absolute atomic E-state index is 0.310. The molecule has 1 N–H and O–H groups in total. The molecule has 0 radical (unpaired) electrons. The molecule has 1 fully saturated rings. The molecule has 19 heavy (non-hydrogen) atoms. The zero-order valence-corrected chi connectivity index (χ0v) is 11.8. The Labute approximate surface area is 117 Å². The highest BCUT2D eigenvalue weighted by atomic mass is 16.6. The van der Waals surface area contributed by atoms with E-state index in [0.717, 1.165) is 12.8 Å². The normalized spacial score (nSPS) is 21.6. The summed E-state index contributed by atoms with van der Waals surface area (Å²) < 4.78 is 5.56. The predicted octanol–water partition coefficient (Wildman–Crippen LogP) is 3.06. The molecule has 104 valence electrons. The van der Waals surface area contributed by atoms with Gasteiger partial charge in [-0.3, -0.25) is 0 Å². The smallest absolute Gasteiger partial charge is 0.134 e. The van der Waals surface area contributed by atoms with Crippen LogP contribution in [0.2, 0.25) is 0 Å². The van der Waals surface area contributed by atoms with Crippen molar-refractivity contribution in [3.63, 3.8) is 0 Å². The molecule has 3 atom stereocenters. The van der Waals surface area contributed by atoms with Gasteiger partial charge in [0.15, 0.2) is 0 Å². The van der Waals surface area contributed by atoms with Crippen LogP contribution in [0, 0.1) is 23.7 Å². The Morgan fingerprint density at radius 3 is 2.74 bits per heavy atom. The number of epoxide rings is 1. The maximum Gasteiger partial charge on any atom is 0.134 e. The van der Waals surface area contributed by atoms with Crippen LogP contribution in [-0.2, 0) is 4.74 Å². The van der Waals surface area contributed by atoms with Crippen molar-refractivity contribution < 1.29 is 9.84 Å². The Bertz CT molecular complexity index is 378. The molecule has 2 nitrogen and oxygen atoms in total. The highest BCUT2D eigenvalue weighted by Gasteiger charge is 2.36. The zero-order valence-electron chi connectivity index (χ0n) is 11.8. The fourth-order valence-corrected chi connectivity index (χ4v) is 1.93. The fourth-order valence-electron chi connectivity index (χ4n) is 1.93. The third-order valence-electron chi connectivity index (χ3n) is 3.18. The summed E-state index contributed by atoms with van der Waals surface area (Å²) in [6.07, 6.45) is 9.80. The number of aliphatic hydroxyl groups excluding tert-OH is 1. The summed E-state index contributed by atoms with van der Waals surface area (Å²) in [5, 5.41) is 9.10. The molecule has 0 aromatic heterocycles. The molecule has 0 aromatic rings. The van der Waals surface area contributed by atoms with E-state index < -0.39 is 6.10 Å². The number of ether oxygens (including phenoxy) is 1. The average Bonchev–Trinajstić information content (AvgIpc) is 3.16. The van der Waals surface area contributed by atoms with E-state index in [1.165, 1.54) is 38.2 Å². The van der Waals surface area contributed by atoms with Crippen LogP contribution in [0.4, 0.5) is 0 Å². The molecule has 0 bridgehead atoms. The minimum atomic E-state index is -0.776. The van der Waals surface area contributed by atoms with Gasteiger partial charge in [0.2, 0.25) is 0 Å². The average molecular weight is 260 g/mol. The first kappa shape index (κ1) is 15.8. The van der Waals surface area contributed by atoms with Gasteiger partial charge in [-0.05, 0) is 18.3 Å². The van der Waals surface area contributed by atoms with E-state index in [0.29, 0.717) is 12.2 Å². The SMILES string of the molecule is C=C[C@@H](O)C#CC#CCC1OC1CCCCCCC. The number of rotatable bonds is 8. The number of hydrogen-bond donors (Lipinski definition) is 1. The van der Waals surface area contributed by atoms with Gasteiger partial charge in [0.25, 0.3) is 0 Å². The van der Waals surface area contributed by atoms with Crippen LogP contribution >= 0.6 is 0 Å². The lowest BCUT2D eigenvalue weighted by Gasteiger charge is -1.96. The van der Waals surface area contributed by atoms with Crippen molar-refractivity contribution in [3.8, 4) is 23.7 Å². The van der Waals surface area contributed by atoms with Crippen LogP contribution < -0.4 is 0 Å². The second-order valence-corrected chi connectivity index (χ2v) is 4.87. The first-order valence-corrected chi connectivity index (χ1v) is 7.22. The lowest BCUT2D eigenvalue weighted by molar-refractivity contribution is 0.281. The van der Waals surface area contributed by atoms with Crippen LogP contribution in [-0.4, -0.2) is 23.4 Å². The largest absolute Gasteiger partial charge is 0.377 e. The van der Waals surface area contributed by atoms with Crippen molar-refractivity contribution in [2.45, 2.75) is 70.2 Å². The maximum atomic E-state index is 9.10.